The van der Waals surface area contributed by atoms with Gasteiger partial charge in [0.2, 0.25) is 18.6 Å². The summed E-state index contributed by atoms with van der Waals surface area (Å²) >= 11 is 0. The van der Waals surface area contributed by atoms with Gasteiger partial charge in [0.25, 0.3) is 5.56 Å². The molecule has 0 aliphatic carbocycles. The van der Waals surface area contributed by atoms with Gasteiger partial charge in [-0.3, -0.25) is 14.6 Å². The summed E-state index contributed by atoms with van der Waals surface area (Å²) in [7, 11) is 0. The topological polar surface area (TPSA) is 124 Å². The van der Waals surface area contributed by atoms with Crippen molar-refractivity contribution in [3.63, 3.8) is 0 Å². The molecule has 2 N–H and O–H groups in total. The number of carbonyl (C=O) groups excluding carboxylic acids is 1. The van der Waals surface area contributed by atoms with E-state index in [0.29, 0.717) is 34.5 Å². The molecular weight excluding hydrogens is 438 g/mol. The zero-order valence-corrected chi connectivity index (χ0v) is 18.4. The normalized spacial score (nSPS) is 12.6. The maximum absolute atomic E-state index is 12.7. The number of furan rings is 1. The van der Waals surface area contributed by atoms with Crippen molar-refractivity contribution in [2.75, 3.05) is 12.1 Å². The van der Waals surface area contributed by atoms with Gasteiger partial charge in [-0.05, 0) is 41.8 Å². The van der Waals surface area contributed by atoms with E-state index in [2.05, 4.69) is 20.4 Å². The number of nitrogens with one attached hydrogen (secondary N) is 2. The van der Waals surface area contributed by atoms with Crippen LogP contribution in [0.2, 0.25) is 0 Å². The standard InChI is InChI=1S/C24H21N5O5/c1-14(2)16-12-23(31)27-24(25-16)29-21(11-17(28-29)18-4-3-9-32-18)26-22(30)8-6-15-5-7-19-20(10-15)34-13-33-19/h3-12,14H,13H2,1-2H3,(H,26,30)(H,25,27,31)/b8-6-. The van der Waals surface area contributed by atoms with E-state index in [4.69, 9.17) is 13.9 Å². The van der Waals surface area contributed by atoms with Crippen LogP contribution in [0, 0.1) is 0 Å². The maximum atomic E-state index is 12.7. The summed E-state index contributed by atoms with van der Waals surface area (Å²) in [6.45, 7) is 4.05. The van der Waals surface area contributed by atoms with E-state index in [1.807, 2.05) is 19.9 Å². The first kappa shape index (κ1) is 21.3. The molecule has 0 fully saturated rings. The fourth-order valence-corrected chi connectivity index (χ4v) is 3.39. The number of aromatic amines is 1. The minimum atomic E-state index is -0.396. The average molecular weight is 459 g/mol. The Balaban J connectivity index is 1.46. The molecule has 3 aromatic heterocycles. The number of benzene rings is 1. The van der Waals surface area contributed by atoms with E-state index >= 15 is 0 Å². The van der Waals surface area contributed by atoms with Crippen LogP contribution in [0.4, 0.5) is 5.82 Å². The molecule has 4 aromatic rings. The van der Waals surface area contributed by atoms with Gasteiger partial charge in [0.05, 0.1) is 12.0 Å². The molecule has 1 aliphatic heterocycles. The third-order valence-electron chi connectivity index (χ3n) is 5.10. The molecule has 1 amide bonds. The molecule has 0 bridgehead atoms. The molecule has 0 saturated carbocycles. The Kier molecular flexibility index (Phi) is 5.46. The van der Waals surface area contributed by atoms with Crippen molar-refractivity contribution in [1.29, 1.82) is 0 Å². The first-order valence-electron chi connectivity index (χ1n) is 10.6. The first-order chi connectivity index (χ1) is 16.5. The van der Waals surface area contributed by atoms with Crippen LogP contribution in [0.25, 0.3) is 23.5 Å². The molecule has 1 aliphatic rings. The van der Waals surface area contributed by atoms with Gasteiger partial charge in [0, 0.05) is 18.2 Å². The molecule has 0 radical (unpaired) electrons. The van der Waals surface area contributed by atoms with E-state index in [-0.39, 0.29) is 24.2 Å². The summed E-state index contributed by atoms with van der Waals surface area (Å²) in [6, 6.07) is 12.0. The van der Waals surface area contributed by atoms with Crippen molar-refractivity contribution in [1.82, 2.24) is 19.7 Å². The lowest BCUT2D eigenvalue weighted by Gasteiger charge is -2.09. The molecule has 34 heavy (non-hydrogen) atoms. The van der Waals surface area contributed by atoms with Crippen LogP contribution in [-0.2, 0) is 4.79 Å². The Morgan fingerprint density at radius 2 is 2.03 bits per heavy atom. The van der Waals surface area contributed by atoms with E-state index in [9.17, 15) is 9.59 Å². The number of aromatic nitrogens is 4. The van der Waals surface area contributed by atoms with Crippen molar-refractivity contribution in [2.24, 2.45) is 0 Å². The Morgan fingerprint density at radius 1 is 1.18 bits per heavy atom. The van der Waals surface area contributed by atoms with Crippen LogP contribution in [0.5, 0.6) is 11.5 Å². The smallest absolute Gasteiger partial charge is 0.252 e. The van der Waals surface area contributed by atoms with Crippen LogP contribution in [0.1, 0.15) is 31.0 Å². The van der Waals surface area contributed by atoms with Gasteiger partial charge >= 0.3 is 0 Å². The molecule has 0 unspecified atom stereocenters. The molecule has 10 nitrogen and oxygen atoms in total. The second-order valence-electron chi connectivity index (χ2n) is 7.89. The van der Waals surface area contributed by atoms with Crippen LogP contribution < -0.4 is 20.3 Å². The van der Waals surface area contributed by atoms with Crippen molar-refractivity contribution in [3.05, 3.63) is 76.4 Å². The number of carbonyl (C=O) groups is 1. The van der Waals surface area contributed by atoms with Crippen LogP contribution in [0.3, 0.4) is 0 Å². The van der Waals surface area contributed by atoms with Gasteiger partial charge < -0.3 is 19.2 Å². The Morgan fingerprint density at radius 3 is 2.82 bits per heavy atom. The highest BCUT2D eigenvalue weighted by Gasteiger charge is 2.17. The van der Waals surface area contributed by atoms with E-state index in [1.165, 1.54) is 23.1 Å². The number of nitrogens with zero attached hydrogens (tertiary/aromatic N) is 3. The molecule has 1 aromatic carbocycles. The summed E-state index contributed by atoms with van der Waals surface area (Å²) in [6.07, 6.45) is 4.58. The molecule has 5 rings (SSSR count). The number of anilines is 1. The maximum Gasteiger partial charge on any atom is 0.252 e. The van der Waals surface area contributed by atoms with Crippen molar-refractivity contribution in [3.8, 4) is 28.9 Å². The summed E-state index contributed by atoms with van der Waals surface area (Å²) in [5, 5.41) is 7.29. The number of H-pyrrole nitrogens is 1. The minimum Gasteiger partial charge on any atom is -0.463 e. The highest BCUT2D eigenvalue weighted by molar-refractivity contribution is 6.01. The molecule has 0 atom stereocenters. The van der Waals surface area contributed by atoms with Gasteiger partial charge in [-0.15, -0.1) is 0 Å². The predicted octanol–water partition coefficient (Wildman–Crippen LogP) is 3.72. The molecule has 0 spiro atoms. The summed E-state index contributed by atoms with van der Waals surface area (Å²) in [5.74, 6) is 1.94. The number of amides is 1. The Bertz CT molecular complexity index is 1430. The first-order valence-corrected chi connectivity index (χ1v) is 10.6. The zero-order valence-electron chi connectivity index (χ0n) is 18.4. The van der Waals surface area contributed by atoms with E-state index in [1.54, 1.807) is 36.4 Å². The summed E-state index contributed by atoms with van der Waals surface area (Å²) in [5.41, 5.74) is 1.54. The van der Waals surface area contributed by atoms with Crippen LogP contribution in [0.15, 0.2) is 64.0 Å². The molecular formula is C24H21N5O5. The minimum absolute atomic E-state index is 0.0313. The van der Waals surface area contributed by atoms with Gasteiger partial charge in [0.15, 0.2) is 17.3 Å². The van der Waals surface area contributed by atoms with Crippen molar-refractivity contribution in [2.45, 2.75) is 19.8 Å². The van der Waals surface area contributed by atoms with Gasteiger partial charge in [-0.2, -0.15) is 9.78 Å². The quantitative estimate of drug-likeness (QED) is 0.421. The lowest BCUT2D eigenvalue weighted by molar-refractivity contribution is -0.111. The molecule has 10 heteroatoms. The molecule has 0 saturated heterocycles. The fourth-order valence-electron chi connectivity index (χ4n) is 3.39. The van der Waals surface area contributed by atoms with E-state index in [0.717, 1.165) is 5.56 Å². The zero-order chi connectivity index (χ0) is 23.7. The van der Waals surface area contributed by atoms with Crippen LogP contribution in [-0.4, -0.2) is 32.4 Å². The second-order valence-corrected chi connectivity index (χ2v) is 7.89. The van der Waals surface area contributed by atoms with Crippen LogP contribution >= 0.6 is 0 Å². The summed E-state index contributed by atoms with van der Waals surface area (Å²) in [4.78, 5) is 32.1. The van der Waals surface area contributed by atoms with E-state index < -0.39 is 5.91 Å². The SMILES string of the molecule is CC(C)c1cc(=O)[nH]c(-n2nc(-c3ccco3)cc2NC(=O)/C=C\c2ccc3c(c2)OCO3)n1. The second kappa shape index (κ2) is 8.74. The third-order valence-corrected chi connectivity index (χ3v) is 5.10. The average Bonchev–Trinajstić information content (AvgIpc) is 3.57. The number of fused-ring (bicyclic) bond motifs is 1. The monoisotopic (exact) mass is 459 g/mol. The van der Waals surface area contributed by atoms with Crippen molar-refractivity contribution >= 4 is 17.8 Å². The largest absolute Gasteiger partial charge is 0.463 e. The molecule has 172 valence electrons. The fraction of sp³-hybridized carbons (Fsp3) is 0.167. The lowest BCUT2D eigenvalue weighted by atomic mass is 10.1. The highest BCUT2D eigenvalue weighted by atomic mass is 16.7. The number of rotatable bonds is 6. The predicted molar refractivity (Wildman–Crippen MR) is 124 cm³/mol. The lowest BCUT2D eigenvalue weighted by Crippen LogP contribution is -2.18. The Hall–Kier alpha value is -4.60. The van der Waals surface area contributed by atoms with Crippen molar-refractivity contribution < 1.29 is 18.7 Å². The number of hydrogen-bond acceptors (Lipinski definition) is 7. The van der Waals surface area contributed by atoms with Gasteiger partial charge in [0.1, 0.15) is 11.5 Å². The van der Waals surface area contributed by atoms with Gasteiger partial charge in [-0.25, -0.2) is 4.98 Å². The highest BCUT2D eigenvalue weighted by Crippen LogP contribution is 2.32. The number of ether oxygens (including phenoxy) is 2. The summed E-state index contributed by atoms with van der Waals surface area (Å²) < 4.78 is 17.5. The number of hydrogen-bond donors (Lipinski definition) is 2. The van der Waals surface area contributed by atoms with Gasteiger partial charge in [-0.1, -0.05) is 19.9 Å². The molecule has 4 heterocycles. The third kappa shape index (κ3) is 4.33. The Labute approximate surface area is 193 Å².